The van der Waals surface area contributed by atoms with E-state index in [0.717, 1.165) is 30.8 Å². The van der Waals surface area contributed by atoms with Gasteiger partial charge in [-0.05, 0) is 18.6 Å². The van der Waals surface area contributed by atoms with Crippen molar-refractivity contribution in [3.05, 3.63) is 23.9 Å². The number of pyridine rings is 1. The molecule has 1 aromatic rings. The van der Waals surface area contributed by atoms with Crippen LogP contribution in [0.3, 0.4) is 0 Å². The van der Waals surface area contributed by atoms with Crippen LogP contribution in [0.15, 0.2) is 18.3 Å². The first-order valence-corrected chi connectivity index (χ1v) is 5.42. The number of carbonyl (C=O) groups is 1. The van der Waals surface area contributed by atoms with Crippen LogP contribution in [-0.4, -0.2) is 24.4 Å². The summed E-state index contributed by atoms with van der Waals surface area (Å²) >= 11 is 0. The Kier molecular flexibility index (Phi) is 4.28. The van der Waals surface area contributed by atoms with E-state index in [-0.39, 0.29) is 5.92 Å². The Hall–Kier alpha value is -1.38. The van der Waals surface area contributed by atoms with Crippen molar-refractivity contribution < 1.29 is 4.79 Å². The van der Waals surface area contributed by atoms with E-state index in [4.69, 9.17) is 0 Å². The second kappa shape index (κ2) is 5.49. The number of hydrogen-bond donors (Lipinski definition) is 0. The zero-order valence-electron chi connectivity index (χ0n) is 9.60. The summed E-state index contributed by atoms with van der Waals surface area (Å²) in [4.78, 5) is 16.8. The number of aryl methyl sites for hydroxylation is 1. The normalized spacial score (nSPS) is 15.0. The number of carbonyl (C=O) groups excluding carboxylic acids is 1. The van der Waals surface area contributed by atoms with E-state index < -0.39 is 0 Å². The smallest absolute Gasteiger partial charge is 0.128 e. The van der Waals surface area contributed by atoms with E-state index in [9.17, 15) is 4.79 Å². The lowest BCUT2D eigenvalue weighted by Gasteiger charge is -2.37. The molecule has 0 aromatic carbocycles. The van der Waals surface area contributed by atoms with Gasteiger partial charge in [0.1, 0.15) is 12.1 Å². The molecule has 1 saturated heterocycles. The molecule has 0 atom stereocenters. The Labute approximate surface area is 91.1 Å². The van der Waals surface area contributed by atoms with Gasteiger partial charge in [0.2, 0.25) is 0 Å². The van der Waals surface area contributed by atoms with Crippen LogP contribution < -0.4 is 4.90 Å². The van der Waals surface area contributed by atoms with E-state index in [1.165, 1.54) is 0 Å². The Morgan fingerprint density at radius 3 is 2.53 bits per heavy atom. The highest BCUT2D eigenvalue weighted by Crippen LogP contribution is 2.20. The highest BCUT2D eigenvalue weighted by molar-refractivity contribution is 5.61. The summed E-state index contributed by atoms with van der Waals surface area (Å²) < 4.78 is 0. The van der Waals surface area contributed by atoms with Crippen molar-refractivity contribution in [1.82, 2.24) is 4.98 Å². The minimum atomic E-state index is 0.211. The molecule has 2 rings (SSSR count). The highest BCUT2D eigenvalue weighted by atomic mass is 16.1. The molecule has 82 valence electrons. The molecule has 2 heterocycles. The zero-order valence-corrected chi connectivity index (χ0v) is 9.60. The Bertz CT molecular complexity index is 302. The predicted octanol–water partition coefficient (Wildman–Crippen LogP) is 2.05. The third-order valence-corrected chi connectivity index (χ3v) is 2.32. The topological polar surface area (TPSA) is 33.2 Å². The number of anilines is 1. The van der Waals surface area contributed by atoms with Crippen LogP contribution in [0, 0.1) is 12.8 Å². The summed E-state index contributed by atoms with van der Waals surface area (Å²) in [6.45, 7) is 7.65. The average molecular weight is 206 g/mol. The molecule has 0 saturated carbocycles. The van der Waals surface area contributed by atoms with E-state index in [0.29, 0.717) is 0 Å². The summed E-state index contributed by atoms with van der Waals surface area (Å²) in [5.41, 5.74) is 1.16. The van der Waals surface area contributed by atoms with E-state index in [1.807, 2.05) is 39.1 Å². The molecule has 1 aromatic heterocycles. The van der Waals surface area contributed by atoms with Gasteiger partial charge >= 0.3 is 0 Å². The van der Waals surface area contributed by atoms with Crippen LogP contribution in [-0.2, 0) is 4.79 Å². The Morgan fingerprint density at radius 1 is 1.40 bits per heavy atom. The lowest BCUT2D eigenvalue weighted by atomic mass is 10.0. The van der Waals surface area contributed by atoms with Gasteiger partial charge in [0.05, 0.1) is 0 Å². The fraction of sp³-hybridized carbons (Fsp3) is 0.500. The average Bonchev–Trinajstić information content (AvgIpc) is 2.22. The third kappa shape index (κ3) is 2.78. The number of nitrogens with zero attached hydrogens (tertiary/aromatic N) is 2. The molecule has 0 N–H and O–H groups in total. The second-order valence-electron chi connectivity index (χ2n) is 3.49. The molecule has 1 fully saturated rings. The molecule has 1 aliphatic rings. The fourth-order valence-corrected chi connectivity index (χ4v) is 1.43. The lowest BCUT2D eigenvalue weighted by molar-refractivity contribution is -0.111. The molecule has 3 heteroatoms. The summed E-state index contributed by atoms with van der Waals surface area (Å²) in [6, 6.07) is 4.03. The van der Waals surface area contributed by atoms with Gasteiger partial charge in [-0.25, -0.2) is 4.98 Å². The van der Waals surface area contributed by atoms with Gasteiger partial charge in [0.25, 0.3) is 0 Å². The number of aromatic nitrogens is 1. The van der Waals surface area contributed by atoms with Crippen LogP contribution in [0.5, 0.6) is 0 Å². The maximum absolute atomic E-state index is 10.4. The fourth-order valence-electron chi connectivity index (χ4n) is 1.43. The largest absolute Gasteiger partial charge is 0.355 e. The molecule has 0 aliphatic carbocycles. The molecule has 0 unspecified atom stereocenters. The van der Waals surface area contributed by atoms with E-state index >= 15 is 0 Å². The molecule has 0 bridgehead atoms. The number of aldehydes is 1. The predicted molar refractivity (Wildman–Crippen MR) is 62.1 cm³/mol. The van der Waals surface area contributed by atoms with Crippen LogP contribution in [0.25, 0.3) is 0 Å². The summed E-state index contributed by atoms with van der Waals surface area (Å²) in [5, 5.41) is 0. The first kappa shape index (κ1) is 11.7. The Morgan fingerprint density at radius 2 is 2.07 bits per heavy atom. The monoisotopic (exact) mass is 206 g/mol. The van der Waals surface area contributed by atoms with Gasteiger partial charge in [-0.15, -0.1) is 0 Å². The second-order valence-corrected chi connectivity index (χ2v) is 3.49. The van der Waals surface area contributed by atoms with Crippen LogP contribution in [0.2, 0.25) is 0 Å². The molecular weight excluding hydrogens is 188 g/mol. The van der Waals surface area contributed by atoms with Crippen molar-refractivity contribution in [2.75, 3.05) is 18.0 Å². The standard InChI is InChI=1S/C10H12N2O.C2H6/c1-8-2-3-10(11-4-8)12-5-9(6-12)7-13;1-2/h2-4,7,9H,5-6H2,1H3;1-2H3. The van der Waals surface area contributed by atoms with Crippen molar-refractivity contribution in [3.8, 4) is 0 Å². The minimum absolute atomic E-state index is 0.211. The molecule has 1 aliphatic heterocycles. The van der Waals surface area contributed by atoms with Gasteiger partial charge in [-0.1, -0.05) is 19.9 Å². The Balaban J connectivity index is 0.000000531. The summed E-state index contributed by atoms with van der Waals surface area (Å²) in [7, 11) is 0. The molecule has 0 amide bonds. The molecule has 3 nitrogen and oxygen atoms in total. The maximum atomic E-state index is 10.4. The number of rotatable bonds is 2. The summed E-state index contributed by atoms with van der Waals surface area (Å²) in [6.07, 6.45) is 2.87. The molecule has 0 radical (unpaired) electrons. The highest BCUT2D eigenvalue weighted by Gasteiger charge is 2.26. The van der Waals surface area contributed by atoms with Crippen LogP contribution >= 0.6 is 0 Å². The van der Waals surface area contributed by atoms with Crippen molar-refractivity contribution in [2.45, 2.75) is 20.8 Å². The van der Waals surface area contributed by atoms with E-state index in [2.05, 4.69) is 9.88 Å². The maximum Gasteiger partial charge on any atom is 0.128 e. The van der Waals surface area contributed by atoms with E-state index in [1.54, 1.807) is 0 Å². The lowest BCUT2D eigenvalue weighted by Crippen LogP contribution is -2.47. The first-order chi connectivity index (χ1) is 7.29. The van der Waals surface area contributed by atoms with Crippen molar-refractivity contribution in [1.29, 1.82) is 0 Å². The van der Waals surface area contributed by atoms with Gasteiger partial charge < -0.3 is 9.69 Å². The first-order valence-electron chi connectivity index (χ1n) is 5.42. The van der Waals surface area contributed by atoms with Crippen LogP contribution in [0.1, 0.15) is 19.4 Å². The minimum Gasteiger partial charge on any atom is -0.355 e. The third-order valence-electron chi connectivity index (χ3n) is 2.32. The van der Waals surface area contributed by atoms with Gasteiger partial charge in [0, 0.05) is 25.2 Å². The van der Waals surface area contributed by atoms with Gasteiger partial charge in [-0.2, -0.15) is 0 Å². The summed E-state index contributed by atoms with van der Waals surface area (Å²) in [5.74, 6) is 1.19. The van der Waals surface area contributed by atoms with Crippen molar-refractivity contribution >= 4 is 12.1 Å². The SMILES string of the molecule is CC.Cc1ccc(N2CC(C=O)C2)nc1. The van der Waals surface area contributed by atoms with Crippen molar-refractivity contribution in [3.63, 3.8) is 0 Å². The zero-order chi connectivity index (χ0) is 11.3. The van der Waals surface area contributed by atoms with Gasteiger partial charge in [-0.3, -0.25) is 0 Å². The molecule has 0 spiro atoms. The molecule has 15 heavy (non-hydrogen) atoms. The van der Waals surface area contributed by atoms with Crippen LogP contribution in [0.4, 0.5) is 5.82 Å². The molecular formula is C12H18N2O. The van der Waals surface area contributed by atoms with Gasteiger partial charge in [0.15, 0.2) is 0 Å². The van der Waals surface area contributed by atoms with Crippen molar-refractivity contribution in [2.24, 2.45) is 5.92 Å². The number of hydrogen-bond acceptors (Lipinski definition) is 3. The quantitative estimate of drug-likeness (QED) is 0.694.